The van der Waals surface area contributed by atoms with Crippen LogP contribution in [0.15, 0.2) is 43.9 Å². The fraction of sp³-hybridized carbons (Fsp3) is 0. The fourth-order valence-electron chi connectivity index (χ4n) is 1.52. The molecular weight excluding hydrogens is 408 g/mol. The summed E-state index contributed by atoms with van der Waals surface area (Å²) in [6, 6.07) is 2.32. The van der Waals surface area contributed by atoms with E-state index in [9.17, 15) is 26.0 Å². The number of nitrogens with zero attached hydrogens (tertiary/aromatic N) is 2. The van der Waals surface area contributed by atoms with Crippen LogP contribution < -0.4 is 0 Å². The van der Waals surface area contributed by atoms with Crippen molar-refractivity contribution < 1.29 is 30.5 Å². The van der Waals surface area contributed by atoms with Gasteiger partial charge in [0.05, 0.1) is 4.90 Å². The average Bonchev–Trinajstić information content (AvgIpc) is 2.38. The van der Waals surface area contributed by atoms with Crippen LogP contribution in [0.4, 0.5) is 28.9 Å². The number of rotatable bonds is 3. The Bertz CT molecular complexity index is 873. The third-order valence-corrected chi connectivity index (χ3v) is 3.81. The first-order valence-electron chi connectivity index (χ1n) is 5.62. The van der Waals surface area contributed by atoms with Gasteiger partial charge in [0.1, 0.15) is 0 Å². The van der Waals surface area contributed by atoms with Gasteiger partial charge in [-0.25, -0.2) is 17.6 Å². The Morgan fingerprint density at radius 2 is 1.17 bits per heavy atom. The Kier molecular flexibility index (Phi) is 4.82. The smallest absolute Gasteiger partial charge is 0.282 e. The molecule has 0 aliphatic carbocycles. The summed E-state index contributed by atoms with van der Waals surface area (Å²) in [5.74, 6) is -5.23. The van der Waals surface area contributed by atoms with Crippen molar-refractivity contribution in [3.05, 3.63) is 52.0 Å². The van der Waals surface area contributed by atoms with Crippen LogP contribution in [0.25, 0.3) is 0 Å². The van der Waals surface area contributed by atoms with Crippen molar-refractivity contribution in [2.45, 2.75) is 4.90 Å². The van der Waals surface area contributed by atoms with E-state index in [4.69, 9.17) is 4.55 Å². The summed E-state index contributed by atoms with van der Waals surface area (Å²) in [7, 11) is -4.83. The molecule has 2 rings (SSSR count). The number of hydrogen-bond donors (Lipinski definition) is 1. The van der Waals surface area contributed by atoms with Crippen LogP contribution in [0.1, 0.15) is 0 Å². The first-order valence-corrected chi connectivity index (χ1v) is 7.85. The Labute approximate surface area is 135 Å². The summed E-state index contributed by atoms with van der Waals surface area (Å²) < 4.78 is 84.7. The largest absolute Gasteiger partial charge is 0.294 e. The number of azo groups is 1. The summed E-state index contributed by atoms with van der Waals surface area (Å²) in [6.45, 7) is 0. The van der Waals surface area contributed by atoms with Crippen molar-refractivity contribution in [1.29, 1.82) is 0 Å². The highest BCUT2D eigenvalue weighted by atomic mass is 79.9. The lowest BCUT2D eigenvalue weighted by molar-refractivity contribution is 0.480. The van der Waals surface area contributed by atoms with Gasteiger partial charge in [0, 0.05) is 4.47 Å². The molecule has 1 N–H and O–H groups in total. The van der Waals surface area contributed by atoms with Gasteiger partial charge in [0.15, 0.2) is 34.6 Å². The summed E-state index contributed by atoms with van der Waals surface area (Å²) in [6.07, 6.45) is 0. The van der Waals surface area contributed by atoms with Crippen LogP contribution in [0.2, 0.25) is 0 Å². The lowest BCUT2D eigenvalue weighted by atomic mass is 10.3. The van der Waals surface area contributed by atoms with Crippen LogP contribution in [0.5, 0.6) is 0 Å². The molecule has 0 atom stereocenters. The van der Waals surface area contributed by atoms with Gasteiger partial charge in [0.25, 0.3) is 10.1 Å². The van der Waals surface area contributed by atoms with Crippen LogP contribution in [0.3, 0.4) is 0 Å². The zero-order valence-corrected chi connectivity index (χ0v) is 13.2. The van der Waals surface area contributed by atoms with E-state index in [1.54, 1.807) is 0 Å². The maximum atomic E-state index is 13.6. The molecule has 2 aromatic rings. The normalized spacial score (nSPS) is 12.1. The monoisotopic (exact) mass is 412 g/mol. The Hall–Kier alpha value is -1.85. The van der Waals surface area contributed by atoms with E-state index in [1.807, 2.05) is 0 Å². The van der Waals surface area contributed by atoms with E-state index in [0.29, 0.717) is 12.1 Å². The second-order valence-electron chi connectivity index (χ2n) is 4.13. The van der Waals surface area contributed by atoms with Gasteiger partial charge in [-0.3, -0.25) is 4.55 Å². The molecule has 0 saturated heterocycles. The molecule has 0 saturated carbocycles. The molecule has 0 spiro atoms. The Morgan fingerprint density at radius 1 is 0.826 bits per heavy atom. The molecule has 0 aromatic heterocycles. The van der Waals surface area contributed by atoms with Crippen molar-refractivity contribution >= 4 is 37.4 Å². The van der Waals surface area contributed by atoms with E-state index in [0.717, 1.165) is 12.1 Å². The summed E-state index contributed by atoms with van der Waals surface area (Å²) in [5.41, 5.74) is -1.95. The van der Waals surface area contributed by atoms with Crippen LogP contribution >= 0.6 is 15.9 Å². The van der Waals surface area contributed by atoms with E-state index < -0.39 is 49.7 Å². The second kappa shape index (κ2) is 6.34. The number of halogens is 5. The van der Waals surface area contributed by atoms with Gasteiger partial charge in [-0.1, -0.05) is 15.9 Å². The predicted octanol–water partition coefficient (Wildman–Crippen LogP) is 4.67. The minimum absolute atomic E-state index is 0.0846. The molecule has 0 fully saturated rings. The van der Waals surface area contributed by atoms with Crippen molar-refractivity contribution in [1.82, 2.24) is 0 Å². The Morgan fingerprint density at radius 3 is 1.52 bits per heavy atom. The molecule has 0 radical (unpaired) electrons. The minimum Gasteiger partial charge on any atom is -0.282 e. The summed E-state index contributed by atoms with van der Waals surface area (Å²) >= 11 is 2.84. The topological polar surface area (TPSA) is 79.1 Å². The fourth-order valence-corrected chi connectivity index (χ4v) is 2.42. The van der Waals surface area contributed by atoms with Gasteiger partial charge in [-0.05, 0) is 24.3 Å². The van der Waals surface area contributed by atoms with Crippen molar-refractivity contribution in [2.24, 2.45) is 10.2 Å². The third-order valence-electron chi connectivity index (χ3n) is 2.52. The van der Waals surface area contributed by atoms with Gasteiger partial charge in [0.2, 0.25) is 0 Å². The lowest BCUT2D eigenvalue weighted by Crippen LogP contribution is -2.00. The van der Waals surface area contributed by atoms with Crippen LogP contribution in [-0.4, -0.2) is 13.0 Å². The molecule has 0 heterocycles. The molecule has 0 unspecified atom stereocenters. The average molecular weight is 413 g/mol. The third kappa shape index (κ3) is 3.92. The minimum atomic E-state index is -4.83. The van der Waals surface area contributed by atoms with E-state index >= 15 is 0 Å². The van der Waals surface area contributed by atoms with Crippen molar-refractivity contribution in [3.8, 4) is 0 Å². The zero-order valence-electron chi connectivity index (χ0n) is 10.8. The highest BCUT2D eigenvalue weighted by molar-refractivity contribution is 9.10. The van der Waals surface area contributed by atoms with Gasteiger partial charge in [-0.15, -0.1) is 10.2 Å². The molecule has 0 aliphatic rings. The van der Waals surface area contributed by atoms with Gasteiger partial charge >= 0.3 is 0 Å². The van der Waals surface area contributed by atoms with Gasteiger partial charge < -0.3 is 0 Å². The molecule has 5 nitrogen and oxygen atoms in total. The molecule has 11 heteroatoms. The first-order chi connectivity index (χ1) is 10.6. The highest BCUT2D eigenvalue weighted by Crippen LogP contribution is 2.31. The molecule has 0 aliphatic heterocycles. The summed E-state index contributed by atoms with van der Waals surface area (Å²) in [5, 5.41) is 6.15. The van der Waals surface area contributed by atoms with E-state index in [2.05, 4.69) is 26.2 Å². The SMILES string of the molecule is O=S(=O)(O)c1cc(F)c(/N=N/c2c(F)cc(Br)cc2F)c(F)c1. The van der Waals surface area contributed by atoms with Crippen LogP contribution in [0, 0.1) is 23.3 Å². The molecule has 0 bridgehead atoms. The summed E-state index contributed by atoms with van der Waals surface area (Å²) in [4.78, 5) is -1.03. The predicted molar refractivity (Wildman–Crippen MR) is 74.4 cm³/mol. The van der Waals surface area contributed by atoms with Crippen molar-refractivity contribution in [2.75, 3.05) is 0 Å². The first kappa shape index (κ1) is 17.5. The second-order valence-corrected chi connectivity index (χ2v) is 6.47. The number of benzene rings is 2. The van der Waals surface area contributed by atoms with E-state index in [-0.39, 0.29) is 4.47 Å². The molecule has 122 valence electrons. The standard InChI is InChI=1S/C12H5BrF4N2O3S/c13-5-1-7(14)11(8(15)2-5)18-19-12-9(16)3-6(4-10(12)17)23(20,21)22/h1-4H,(H,20,21,22)/b19-18+. The molecule has 0 amide bonds. The maximum absolute atomic E-state index is 13.6. The lowest BCUT2D eigenvalue weighted by Gasteiger charge is -2.03. The van der Waals surface area contributed by atoms with Gasteiger partial charge in [-0.2, -0.15) is 8.42 Å². The molecular formula is C12H5BrF4N2O3S. The van der Waals surface area contributed by atoms with E-state index in [1.165, 1.54) is 0 Å². The zero-order chi connectivity index (χ0) is 17.4. The van der Waals surface area contributed by atoms with Crippen LogP contribution in [-0.2, 0) is 10.1 Å². The molecule has 2 aromatic carbocycles. The quantitative estimate of drug-likeness (QED) is 0.452. The van der Waals surface area contributed by atoms with Crippen molar-refractivity contribution in [3.63, 3.8) is 0 Å². The molecule has 23 heavy (non-hydrogen) atoms. The number of hydrogen-bond acceptors (Lipinski definition) is 4. The Balaban J connectivity index is 2.49. The maximum Gasteiger partial charge on any atom is 0.294 e. The highest BCUT2D eigenvalue weighted by Gasteiger charge is 2.18.